The highest BCUT2D eigenvalue weighted by atomic mass is 32.2. The van der Waals surface area contributed by atoms with Crippen LogP contribution in [0.5, 0.6) is 5.75 Å². The van der Waals surface area contributed by atoms with Gasteiger partial charge in [0.15, 0.2) is 5.17 Å². The van der Waals surface area contributed by atoms with Crippen molar-refractivity contribution in [1.82, 2.24) is 5.01 Å². The van der Waals surface area contributed by atoms with E-state index < -0.39 is 5.25 Å². The molecule has 2 heterocycles. The van der Waals surface area contributed by atoms with E-state index in [1.165, 1.54) is 17.3 Å². The van der Waals surface area contributed by atoms with Crippen molar-refractivity contribution in [3.63, 3.8) is 0 Å². The van der Waals surface area contributed by atoms with Crippen molar-refractivity contribution in [2.75, 3.05) is 12.4 Å². The van der Waals surface area contributed by atoms with Crippen molar-refractivity contribution in [2.24, 2.45) is 10.1 Å². The lowest BCUT2D eigenvalue weighted by Crippen LogP contribution is -2.25. The van der Waals surface area contributed by atoms with Crippen molar-refractivity contribution in [3.05, 3.63) is 95.6 Å². The van der Waals surface area contributed by atoms with Crippen LogP contribution in [-0.2, 0) is 9.59 Å². The molecule has 2 amide bonds. The number of benzene rings is 3. The van der Waals surface area contributed by atoms with Crippen molar-refractivity contribution < 1.29 is 14.3 Å². The van der Waals surface area contributed by atoms with Crippen molar-refractivity contribution in [3.8, 4) is 5.75 Å². The maximum atomic E-state index is 12.8. The van der Waals surface area contributed by atoms with Crippen LogP contribution in [0.25, 0.3) is 0 Å². The van der Waals surface area contributed by atoms with Crippen LogP contribution in [0.2, 0.25) is 0 Å². The van der Waals surface area contributed by atoms with Crippen LogP contribution < -0.4 is 10.1 Å². The Labute approximate surface area is 214 Å². The largest absolute Gasteiger partial charge is 0.497 e. The lowest BCUT2D eigenvalue weighted by atomic mass is 9.98. The van der Waals surface area contributed by atoms with Gasteiger partial charge in [-0.05, 0) is 54.4 Å². The first kappa shape index (κ1) is 23.8. The quantitative estimate of drug-likeness (QED) is 0.506. The number of amides is 2. The molecule has 0 unspecified atom stereocenters. The second kappa shape index (κ2) is 10.4. The highest BCUT2D eigenvalue weighted by molar-refractivity contribution is 8.15. The smallest absolute Gasteiger partial charge is 0.262 e. The van der Waals surface area contributed by atoms with Gasteiger partial charge >= 0.3 is 0 Å². The number of aryl methyl sites for hydroxylation is 1. The number of hydrogen-bond acceptors (Lipinski definition) is 6. The number of nitrogens with one attached hydrogen (secondary N) is 1. The maximum Gasteiger partial charge on any atom is 0.262 e. The Morgan fingerprint density at radius 3 is 2.47 bits per heavy atom. The fourth-order valence-corrected chi connectivity index (χ4v) is 5.26. The minimum absolute atomic E-state index is 0.0451. The zero-order chi connectivity index (χ0) is 25.1. The Balaban J connectivity index is 1.36. The molecule has 2 aliphatic rings. The molecule has 0 aromatic heterocycles. The van der Waals surface area contributed by atoms with E-state index in [0.29, 0.717) is 17.3 Å². The van der Waals surface area contributed by atoms with Crippen LogP contribution >= 0.6 is 11.8 Å². The van der Waals surface area contributed by atoms with Crippen LogP contribution in [0.4, 0.5) is 5.69 Å². The van der Waals surface area contributed by atoms with E-state index in [1.807, 2.05) is 59.6 Å². The average Bonchev–Trinajstić information content (AvgIpc) is 3.49. The van der Waals surface area contributed by atoms with Gasteiger partial charge in [0.1, 0.15) is 11.0 Å². The van der Waals surface area contributed by atoms with E-state index in [4.69, 9.17) is 9.84 Å². The molecule has 0 saturated heterocycles. The van der Waals surface area contributed by atoms with Gasteiger partial charge in [-0.25, -0.2) is 5.01 Å². The number of ether oxygens (including phenoxy) is 1. The molecule has 36 heavy (non-hydrogen) atoms. The van der Waals surface area contributed by atoms with Crippen molar-refractivity contribution in [1.29, 1.82) is 0 Å². The SMILES string of the molecule is COc1ccc(C2=NN(C3=NC(=O)[C@H](CC(=O)Nc4ccccc4)S3)[C@@H](c3ccc(C)cc3)C2)cc1. The van der Waals surface area contributed by atoms with Crippen LogP contribution in [0.3, 0.4) is 0 Å². The van der Waals surface area contributed by atoms with E-state index in [-0.39, 0.29) is 24.3 Å². The third-order valence-corrected chi connectivity index (χ3v) is 7.29. The van der Waals surface area contributed by atoms with E-state index in [0.717, 1.165) is 22.6 Å². The first-order valence-corrected chi connectivity index (χ1v) is 12.6. The van der Waals surface area contributed by atoms with E-state index in [1.54, 1.807) is 7.11 Å². The first-order chi connectivity index (χ1) is 17.5. The predicted molar refractivity (Wildman–Crippen MR) is 143 cm³/mol. The number of rotatable bonds is 6. The van der Waals surface area contributed by atoms with Crippen molar-refractivity contribution >= 4 is 40.1 Å². The van der Waals surface area contributed by atoms with E-state index in [9.17, 15) is 9.59 Å². The fraction of sp³-hybridized carbons (Fsp3) is 0.214. The molecule has 8 heteroatoms. The van der Waals surface area contributed by atoms with Crippen LogP contribution in [-0.4, -0.2) is 40.1 Å². The fourth-order valence-electron chi connectivity index (χ4n) is 4.20. The van der Waals surface area contributed by atoms with Gasteiger partial charge in [-0.3, -0.25) is 9.59 Å². The minimum atomic E-state index is -0.581. The third kappa shape index (κ3) is 5.18. The van der Waals surface area contributed by atoms with Gasteiger partial charge in [-0.15, -0.1) is 0 Å². The monoisotopic (exact) mass is 498 g/mol. The summed E-state index contributed by atoms with van der Waals surface area (Å²) < 4.78 is 5.29. The number of thioether (sulfide) groups is 1. The number of para-hydroxylation sites is 1. The molecule has 2 atom stereocenters. The Bertz CT molecular complexity index is 1320. The molecule has 0 aliphatic carbocycles. The van der Waals surface area contributed by atoms with Gasteiger partial charge in [0.25, 0.3) is 5.91 Å². The molecule has 0 bridgehead atoms. The summed E-state index contributed by atoms with van der Waals surface area (Å²) in [6.45, 7) is 2.05. The number of anilines is 1. The lowest BCUT2D eigenvalue weighted by molar-refractivity contribution is -0.121. The summed E-state index contributed by atoms with van der Waals surface area (Å²) in [6.07, 6.45) is 0.714. The number of carbonyl (C=O) groups is 2. The highest BCUT2D eigenvalue weighted by Crippen LogP contribution is 2.38. The Hall–Kier alpha value is -3.91. The summed E-state index contributed by atoms with van der Waals surface area (Å²) in [5.41, 5.74) is 4.86. The molecule has 3 aromatic carbocycles. The molecule has 3 aromatic rings. The van der Waals surface area contributed by atoms with Gasteiger partial charge in [0, 0.05) is 18.5 Å². The number of carbonyl (C=O) groups excluding carboxylic acids is 2. The second-order valence-corrected chi connectivity index (χ2v) is 9.88. The summed E-state index contributed by atoms with van der Waals surface area (Å²) in [5, 5.41) is 9.52. The number of hydrazone groups is 1. The molecular weight excluding hydrogens is 472 g/mol. The van der Waals surface area contributed by atoms with Gasteiger partial charge in [0.2, 0.25) is 5.91 Å². The normalized spacial score (nSPS) is 19.2. The molecule has 182 valence electrons. The molecule has 0 radical (unpaired) electrons. The van der Waals surface area contributed by atoms with Crippen molar-refractivity contribution in [2.45, 2.75) is 31.1 Å². The standard InChI is InChI=1S/C28H26N4O3S/c1-18-8-10-20(11-9-18)24-16-23(19-12-14-22(35-2)15-13-19)31-32(24)28-30-27(34)25(36-28)17-26(33)29-21-6-4-3-5-7-21/h3-15,24-25H,16-17H2,1-2H3,(H,29,33)/t24-,25+/m1/s1. The summed E-state index contributed by atoms with van der Waals surface area (Å²) in [4.78, 5) is 29.7. The highest BCUT2D eigenvalue weighted by Gasteiger charge is 2.39. The summed E-state index contributed by atoms with van der Waals surface area (Å²) in [7, 11) is 1.64. The summed E-state index contributed by atoms with van der Waals surface area (Å²) >= 11 is 1.30. The number of methoxy groups -OCH3 is 1. The predicted octanol–water partition coefficient (Wildman–Crippen LogP) is 5.18. The third-order valence-electron chi connectivity index (χ3n) is 6.15. The summed E-state index contributed by atoms with van der Waals surface area (Å²) in [5.74, 6) is 0.249. The first-order valence-electron chi connectivity index (χ1n) is 11.7. The van der Waals surface area contributed by atoms with Gasteiger partial charge in [0.05, 0.1) is 18.9 Å². The summed E-state index contributed by atoms with van der Waals surface area (Å²) in [6, 6.07) is 25.2. The van der Waals surface area contributed by atoms with Gasteiger partial charge in [-0.2, -0.15) is 10.1 Å². The molecule has 7 nitrogen and oxygen atoms in total. The molecular formula is C28H26N4O3S. The Morgan fingerprint density at radius 1 is 1.06 bits per heavy atom. The van der Waals surface area contributed by atoms with E-state index in [2.05, 4.69) is 41.5 Å². The zero-order valence-electron chi connectivity index (χ0n) is 20.0. The van der Waals surface area contributed by atoms with Gasteiger partial charge < -0.3 is 10.1 Å². The molecule has 1 N–H and O–H groups in total. The topological polar surface area (TPSA) is 83.4 Å². The molecule has 0 saturated carbocycles. The Kier molecular flexibility index (Phi) is 6.86. The average molecular weight is 499 g/mol. The Morgan fingerprint density at radius 2 is 1.78 bits per heavy atom. The lowest BCUT2D eigenvalue weighted by Gasteiger charge is -2.23. The zero-order valence-corrected chi connectivity index (χ0v) is 20.9. The van der Waals surface area contributed by atoms with Crippen LogP contribution in [0.1, 0.15) is 35.6 Å². The van der Waals surface area contributed by atoms with E-state index >= 15 is 0 Å². The van der Waals surface area contributed by atoms with Crippen LogP contribution in [0, 0.1) is 6.92 Å². The van der Waals surface area contributed by atoms with Crippen LogP contribution in [0.15, 0.2) is 89.0 Å². The number of amidine groups is 1. The molecule has 0 spiro atoms. The van der Waals surface area contributed by atoms with Gasteiger partial charge in [-0.1, -0.05) is 59.8 Å². The maximum absolute atomic E-state index is 12.8. The number of hydrogen-bond donors (Lipinski definition) is 1. The molecule has 2 aliphatic heterocycles. The number of nitrogens with zero attached hydrogens (tertiary/aromatic N) is 3. The second-order valence-electron chi connectivity index (χ2n) is 8.71. The number of aliphatic imine (C=N–C) groups is 1. The molecule has 0 fully saturated rings. The molecule has 5 rings (SSSR count). The minimum Gasteiger partial charge on any atom is -0.497 e.